The molecule has 0 aliphatic heterocycles. The zero-order chi connectivity index (χ0) is 10.6. The number of non-ortho nitro benzene ring substituents is 1. The van der Waals surface area contributed by atoms with Gasteiger partial charge in [0.25, 0.3) is 5.69 Å². The van der Waals surface area contributed by atoms with Gasteiger partial charge in [0.2, 0.25) is 6.54 Å². The number of rotatable bonds is 3. The molecule has 1 aromatic carbocycles. The van der Waals surface area contributed by atoms with E-state index in [2.05, 4.69) is 4.85 Å². The SMILES string of the molecule is [C-]#[N+]Cc1cc([N+](=O)[O-])ccc1OC. The molecule has 0 spiro atoms. The van der Waals surface area contributed by atoms with Crippen molar-refractivity contribution in [3.8, 4) is 5.75 Å². The molecule has 0 N–H and O–H groups in total. The summed E-state index contributed by atoms with van der Waals surface area (Å²) in [7, 11) is 1.47. The molecule has 72 valence electrons. The quantitative estimate of drug-likeness (QED) is 0.418. The maximum Gasteiger partial charge on any atom is 0.270 e. The minimum atomic E-state index is -0.493. The second-order valence-corrected chi connectivity index (χ2v) is 2.57. The fourth-order valence-electron chi connectivity index (χ4n) is 1.09. The van der Waals surface area contributed by atoms with Crippen LogP contribution in [0.1, 0.15) is 5.56 Å². The minimum Gasteiger partial charge on any atom is -0.496 e. The molecule has 0 atom stereocenters. The zero-order valence-electron chi connectivity index (χ0n) is 7.56. The molecule has 0 unspecified atom stereocenters. The summed E-state index contributed by atoms with van der Waals surface area (Å²) in [5.74, 6) is 0.506. The van der Waals surface area contributed by atoms with E-state index in [1.807, 2.05) is 0 Å². The van der Waals surface area contributed by atoms with Crippen LogP contribution < -0.4 is 4.74 Å². The van der Waals surface area contributed by atoms with Crippen LogP contribution in [0.2, 0.25) is 0 Å². The molecule has 0 fully saturated rings. The summed E-state index contributed by atoms with van der Waals surface area (Å²) in [6.45, 7) is 6.78. The Morgan fingerprint density at radius 1 is 1.64 bits per heavy atom. The van der Waals surface area contributed by atoms with Crippen molar-refractivity contribution in [2.24, 2.45) is 0 Å². The molecule has 14 heavy (non-hydrogen) atoms. The molecular weight excluding hydrogens is 184 g/mol. The van der Waals surface area contributed by atoms with Gasteiger partial charge in [-0.25, -0.2) is 6.57 Å². The average Bonchev–Trinajstić information content (AvgIpc) is 2.18. The number of ether oxygens (including phenoxy) is 1. The van der Waals surface area contributed by atoms with Crippen molar-refractivity contribution in [2.45, 2.75) is 6.54 Å². The molecule has 0 radical (unpaired) electrons. The van der Waals surface area contributed by atoms with E-state index >= 15 is 0 Å². The fraction of sp³-hybridized carbons (Fsp3) is 0.222. The molecule has 0 aliphatic rings. The lowest BCUT2D eigenvalue weighted by Gasteiger charge is -2.02. The molecule has 0 amide bonds. The van der Waals surface area contributed by atoms with E-state index in [1.165, 1.54) is 25.3 Å². The van der Waals surface area contributed by atoms with Crippen molar-refractivity contribution in [1.82, 2.24) is 0 Å². The predicted octanol–water partition coefficient (Wildman–Crippen LogP) is 2.02. The molecule has 0 bridgehead atoms. The predicted molar refractivity (Wildman–Crippen MR) is 50.0 cm³/mol. The number of methoxy groups -OCH3 is 1. The third-order valence-electron chi connectivity index (χ3n) is 1.72. The first-order valence-corrected chi connectivity index (χ1v) is 3.83. The normalized spacial score (nSPS) is 9.14. The highest BCUT2D eigenvalue weighted by Gasteiger charge is 2.12. The molecule has 1 rings (SSSR count). The summed E-state index contributed by atoms with van der Waals surface area (Å²) in [5, 5.41) is 10.4. The fourth-order valence-corrected chi connectivity index (χ4v) is 1.09. The van der Waals surface area contributed by atoms with Crippen LogP contribution in [0.3, 0.4) is 0 Å². The highest BCUT2D eigenvalue weighted by Crippen LogP contribution is 2.24. The van der Waals surface area contributed by atoms with Crippen molar-refractivity contribution >= 4 is 5.69 Å². The van der Waals surface area contributed by atoms with Crippen LogP contribution in [0, 0.1) is 16.7 Å². The van der Waals surface area contributed by atoms with Crippen LogP contribution in [-0.4, -0.2) is 12.0 Å². The lowest BCUT2D eigenvalue weighted by atomic mass is 10.2. The van der Waals surface area contributed by atoms with E-state index in [-0.39, 0.29) is 12.2 Å². The van der Waals surface area contributed by atoms with Crippen molar-refractivity contribution in [3.63, 3.8) is 0 Å². The van der Waals surface area contributed by atoms with Crippen LogP contribution in [-0.2, 0) is 6.54 Å². The molecule has 5 heteroatoms. The average molecular weight is 192 g/mol. The van der Waals surface area contributed by atoms with Gasteiger partial charge in [0, 0.05) is 12.1 Å². The number of nitro benzene ring substituents is 1. The molecule has 0 saturated carbocycles. The van der Waals surface area contributed by atoms with Gasteiger partial charge in [0.15, 0.2) is 0 Å². The summed E-state index contributed by atoms with van der Waals surface area (Å²) in [4.78, 5) is 13.1. The van der Waals surface area contributed by atoms with Crippen LogP contribution >= 0.6 is 0 Å². The maximum absolute atomic E-state index is 10.4. The van der Waals surface area contributed by atoms with Crippen molar-refractivity contribution in [2.75, 3.05) is 7.11 Å². The van der Waals surface area contributed by atoms with Gasteiger partial charge in [-0.2, -0.15) is 0 Å². The number of benzene rings is 1. The monoisotopic (exact) mass is 192 g/mol. The Balaban J connectivity index is 3.15. The molecule has 0 saturated heterocycles. The molecule has 1 aromatic rings. The van der Waals surface area contributed by atoms with Gasteiger partial charge in [-0.05, 0) is 6.07 Å². The standard InChI is InChI=1S/C9H8N2O3/c1-10-6-7-5-8(11(12)13)3-4-9(7)14-2/h3-5H,6H2,2H3. The molecule has 0 aromatic heterocycles. The molecule has 5 nitrogen and oxygen atoms in total. The van der Waals surface area contributed by atoms with Crippen LogP contribution in [0.5, 0.6) is 5.75 Å². The van der Waals surface area contributed by atoms with E-state index in [4.69, 9.17) is 11.3 Å². The Hall–Kier alpha value is -2.09. The van der Waals surface area contributed by atoms with Gasteiger partial charge < -0.3 is 9.58 Å². The van der Waals surface area contributed by atoms with E-state index in [9.17, 15) is 10.1 Å². The number of nitro groups is 1. The molecule has 0 heterocycles. The highest BCUT2D eigenvalue weighted by molar-refractivity contribution is 5.44. The Morgan fingerprint density at radius 3 is 2.86 bits per heavy atom. The van der Waals surface area contributed by atoms with Crippen LogP contribution in [0.25, 0.3) is 4.85 Å². The van der Waals surface area contributed by atoms with Gasteiger partial charge in [-0.3, -0.25) is 10.1 Å². The van der Waals surface area contributed by atoms with Gasteiger partial charge >= 0.3 is 0 Å². The second-order valence-electron chi connectivity index (χ2n) is 2.57. The van der Waals surface area contributed by atoms with Gasteiger partial charge in [0.05, 0.1) is 17.6 Å². The largest absolute Gasteiger partial charge is 0.496 e. The second kappa shape index (κ2) is 4.23. The first-order chi connectivity index (χ1) is 6.69. The third kappa shape index (κ3) is 1.98. The van der Waals surface area contributed by atoms with Crippen LogP contribution in [0.15, 0.2) is 18.2 Å². The van der Waals surface area contributed by atoms with Crippen molar-refractivity contribution in [3.05, 3.63) is 45.3 Å². The summed E-state index contributed by atoms with van der Waals surface area (Å²) in [6.07, 6.45) is 0. The number of hydrogen-bond acceptors (Lipinski definition) is 3. The summed E-state index contributed by atoms with van der Waals surface area (Å²) in [5.41, 5.74) is 0.515. The van der Waals surface area contributed by atoms with E-state index in [0.29, 0.717) is 11.3 Å². The first-order valence-electron chi connectivity index (χ1n) is 3.83. The van der Waals surface area contributed by atoms with Crippen molar-refractivity contribution < 1.29 is 9.66 Å². The third-order valence-corrected chi connectivity index (χ3v) is 1.72. The van der Waals surface area contributed by atoms with Gasteiger partial charge in [-0.1, -0.05) is 0 Å². The van der Waals surface area contributed by atoms with Crippen molar-refractivity contribution in [1.29, 1.82) is 0 Å². The Kier molecular flexibility index (Phi) is 3.02. The van der Waals surface area contributed by atoms with Gasteiger partial charge in [0.1, 0.15) is 5.75 Å². The Morgan fingerprint density at radius 2 is 2.36 bits per heavy atom. The molecular formula is C9H8N2O3. The van der Waals surface area contributed by atoms with E-state index < -0.39 is 4.92 Å². The summed E-state index contributed by atoms with van der Waals surface area (Å²) >= 11 is 0. The lowest BCUT2D eigenvalue weighted by Crippen LogP contribution is -1.93. The van der Waals surface area contributed by atoms with E-state index in [0.717, 1.165) is 0 Å². The maximum atomic E-state index is 10.4. The Bertz CT molecular complexity index is 396. The molecule has 0 aliphatic carbocycles. The first kappa shape index (κ1) is 9.99. The smallest absolute Gasteiger partial charge is 0.270 e. The Labute approximate surface area is 80.9 Å². The minimum absolute atomic E-state index is 0.0237. The lowest BCUT2D eigenvalue weighted by molar-refractivity contribution is -0.384. The highest BCUT2D eigenvalue weighted by atomic mass is 16.6. The van der Waals surface area contributed by atoms with E-state index in [1.54, 1.807) is 0 Å². The van der Waals surface area contributed by atoms with Crippen LogP contribution in [0.4, 0.5) is 5.69 Å². The number of nitrogens with zero attached hydrogens (tertiary/aromatic N) is 2. The van der Waals surface area contributed by atoms with Gasteiger partial charge in [-0.15, -0.1) is 0 Å². The summed E-state index contributed by atoms with van der Waals surface area (Å²) in [6, 6.07) is 4.21. The summed E-state index contributed by atoms with van der Waals surface area (Å²) < 4.78 is 4.97. The number of hydrogen-bond donors (Lipinski definition) is 0. The zero-order valence-corrected chi connectivity index (χ0v) is 7.56. The topological polar surface area (TPSA) is 56.7 Å².